The zero-order valence-corrected chi connectivity index (χ0v) is 15.8. The van der Waals surface area contributed by atoms with Gasteiger partial charge in [-0.25, -0.2) is 0 Å². The van der Waals surface area contributed by atoms with Crippen molar-refractivity contribution in [2.24, 2.45) is 10.2 Å². The Balaban J connectivity index is 1.72. The second-order valence-corrected chi connectivity index (χ2v) is 7.56. The quantitative estimate of drug-likeness (QED) is 0.291. The summed E-state index contributed by atoms with van der Waals surface area (Å²) in [6, 6.07) is 15.0. The number of aromatic nitrogens is 2. The molecule has 29 heavy (non-hydrogen) atoms. The van der Waals surface area contributed by atoms with Gasteiger partial charge in [0.15, 0.2) is 0 Å². The lowest BCUT2D eigenvalue weighted by molar-refractivity contribution is 0.484. The summed E-state index contributed by atoms with van der Waals surface area (Å²) in [5.41, 5.74) is 8.59. The molecule has 4 rings (SSSR count). The number of hydrogen-bond acceptors (Lipinski definition) is 7. The molecule has 0 aliphatic rings. The molecular weight excluding hydrogens is 390 g/mol. The van der Waals surface area contributed by atoms with Crippen molar-refractivity contribution in [1.29, 1.82) is 0 Å². The van der Waals surface area contributed by atoms with Crippen LogP contribution in [-0.4, -0.2) is 22.9 Å². The summed E-state index contributed by atoms with van der Waals surface area (Å²) in [6.45, 7) is 0. The van der Waals surface area contributed by atoms with E-state index in [2.05, 4.69) is 20.2 Å². The number of hydrogen-bond donors (Lipinski definition) is 2. The number of nitrogens with two attached hydrogens (primary N) is 1. The van der Waals surface area contributed by atoms with E-state index in [0.717, 1.165) is 11.3 Å². The first-order valence-corrected chi connectivity index (χ1v) is 9.94. The van der Waals surface area contributed by atoms with E-state index in [0.29, 0.717) is 16.5 Å². The number of fused-ring (bicyclic) bond motifs is 1. The molecule has 3 N–H and O–H groups in total. The molecule has 9 heteroatoms. The van der Waals surface area contributed by atoms with Crippen molar-refractivity contribution >= 4 is 38.0 Å². The van der Waals surface area contributed by atoms with Crippen LogP contribution in [0.25, 0.3) is 22.0 Å². The molecule has 2 aromatic heterocycles. The fraction of sp³-hybridized carbons (Fsp3) is 0. The number of pyridine rings is 2. The minimum absolute atomic E-state index is 0.132. The maximum Gasteiger partial charge on any atom is 0.295 e. The fourth-order valence-electron chi connectivity index (χ4n) is 2.89. The van der Waals surface area contributed by atoms with E-state index in [-0.39, 0.29) is 16.3 Å². The van der Waals surface area contributed by atoms with Gasteiger partial charge in [-0.2, -0.15) is 8.42 Å². The van der Waals surface area contributed by atoms with Gasteiger partial charge < -0.3 is 5.73 Å². The topological polar surface area (TPSA) is 131 Å². The van der Waals surface area contributed by atoms with Crippen LogP contribution in [0.5, 0.6) is 0 Å². The molecular formula is C20H15N5O3S. The van der Waals surface area contributed by atoms with Crippen molar-refractivity contribution in [2.75, 3.05) is 5.73 Å². The third-order valence-corrected chi connectivity index (χ3v) is 5.18. The van der Waals surface area contributed by atoms with Crippen LogP contribution in [0.3, 0.4) is 0 Å². The van der Waals surface area contributed by atoms with Crippen molar-refractivity contribution in [3.05, 3.63) is 73.2 Å². The number of benzene rings is 2. The first-order chi connectivity index (χ1) is 13.9. The number of nitrogens with zero attached hydrogens (tertiary/aromatic N) is 4. The van der Waals surface area contributed by atoms with E-state index in [1.165, 1.54) is 12.3 Å². The normalized spacial score (nSPS) is 11.9. The smallest absolute Gasteiger partial charge is 0.295 e. The van der Waals surface area contributed by atoms with Gasteiger partial charge in [0.2, 0.25) is 0 Å². The summed E-state index contributed by atoms with van der Waals surface area (Å²) < 4.78 is 33.1. The Kier molecular flexibility index (Phi) is 4.75. The SMILES string of the molecule is Nc1c(/N=N/c2ccc(-c3cccnc3)nc2)cc(S(=O)(=O)O)c2ccccc12. The Morgan fingerprint density at radius 1 is 0.931 bits per heavy atom. The largest absolute Gasteiger partial charge is 0.396 e. The van der Waals surface area contributed by atoms with E-state index in [9.17, 15) is 13.0 Å². The minimum atomic E-state index is -4.46. The first-order valence-electron chi connectivity index (χ1n) is 8.50. The molecule has 0 fully saturated rings. The zero-order chi connectivity index (χ0) is 20.4. The van der Waals surface area contributed by atoms with Gasteiger partial charge >= 0.3 is 0 Å². The van der Waals surface area contributed by atoms with Crippen molar-refractivity contribution in [1.82, 2.24) is 9.97 Å². The maximum absolute atomic E-state index is 11.8. The van der Waals surface area contributed by atoms with Gasteiger partial charge in [-0.05, 0) is 30.3 Å². The molecule has 0 aliphatic heterocycles. The highest BCUT2D eigenvalue weighted by molar-refractivity contribution is 7.86. The van der Waals surface area contributed by atoms with Gasteiger partial charge in [-0.3, -0.25) is 14.5 Å². The summed E-state index contributed by atoms with van der Waals surface area (Å²) in [5, 5.41) is 8.94. The third-order valence-electron chi connectivity index (χ3n) is 4.28. The summed E-state index contributed by atoms with van der Waals surface area (Å²) in [5.74, 6) is 0. The molecule has 0 radical (unpaired) electrons. The van der Waals surface area contributed by atoms with Crippen LogP contribution in [0.2, 0.25) is 0 Å². The van der Waals surface area contributed by atoms with Gasteiger partial charge in [0.1, 0.15) is 16.3 Å². The second kappa shape index (κ2) is 7.38. The molecule has 144 valence electrons. The molecule has 0 bridgehead atoms. The van der Waals surface area contributed by atoms with Crippen LogP contribution in [0.4, 0.5) is 17.1 Å². The monoisotopic (exact) mass is 405 g/mol. The zero-order valence-electron chi connectivity index (χ0n) is 15.0. The molecule has 2 heterocycles. The lowest BCUT2D eigenvalue weighted by atomic mass is 10.1. The molecule has 0 aliphatic carbocycles. The molecule has 0 spiro atoms. The van der Waals surface area contributed by atoms with E-state index >= 15 is 0 Å². The van der Waals surface area contributed by atoms with Gasteiger partial charge in [0.05, 0.1) is 17.6 Å². The van der Waals surface area contributed by atoms with Gasteiger partial charge in [-0.15, -0.1) is 10.2 Å². The lowest BCUT2D eigenvalue weighted by Crippen LogP contribution is -2.01. The van der Waals surface area contributed by atoms with Crippen molar-refractivity contribution in [3.8, 4) is 11.3 Å². The highest BCUT2D eigenvalue weighted by Gasteiger charge is 2.18. The molecule has 0 saturated heterocycles. The van der Waals surface area contributed by atoms with Crippen molar-refractivity contribution in [3.63, 3.8) is 0 Å². The molecule has 0 saturated carbocycles. The predicted octanol–water partition coefficient (Wildman–Crippen LogP) is 4.54. The van der Waals surface area contributed by atoms with Gasteiger partial charge in [0.25, 0.3) is 10.1 Å². The van der Waals surface area contributed by atoms with Crippen molar-refractivity contribution < 1.29 is 13.0 Å². The molecule has 0 atom stereocenters. The molecule has 8 nitrogen and oxygen atoms in total. The van der Waals surface area contributed by atoms with Crippen LogP contribution in [0.1, 0.15) is 0 Å². The number of anilines is 1. The number of azo groups is 1. The van der Waals surface area contributed by atoms with Crippen LogP contribution < -0.4 is 5.73 Å². The van der Waals surface area contributed by atoms with Gasteiger partial charge in [-0.1, -0.05) is 24.3 Å². The Morgan fingerprint density at radius 2 is 1.72 bits per heavy atom. The molecule has 2 aromatic carbocycles. The van der Waals surface area contributed by atoms with E-state index < -0.39 is 10.1 Å². The Labute approximate surface area is 166 Å². The highest BCUT2D eigenvalue weighted by atomic mass is 32.2. The molecule has 0 unspecified atom stereocenters. The van der Waals surface area contributed by atoms with Crippen LogP contribution in [0, 0.1) is 0 Å². The summed E-state index contributed by atoms with van der Waals surface area (Å²) >= 11 is 0. The van der Waals surface area contributed by atoms with E-state index in [1.54, 1.807) is 48.8 Å². The highest BCUT2D eigenvalue weighted by Crippen LogP contribution is 2.36. The summed E-state index contributed by atoms with van der Waals surface area (Å²) in [7, 11) is -4.46. The van der Waals surface area contributed by atoms with Crippen LogP contribution in [-0.2, 0) is 10.1 Å². The van der Waals surface area contributed by atoms with Crippen LogP contribution in [0.15, 0.2) is 88.3 Å². The third kappa shape index (κ3) is 3.82. The van der Waals surface area contributed by atoms with E-state index in [1.807, 2.05) is 12.1 Å². The standard InChI is InChI=1S/C20H15N5O3S/c21-20-16-6-2-1-5-15(16)19(29(26,27)28)10-18(20)25-24-14-7-8-17(23-12-14)13-4-3-9-22-11-13/h1-12H,21H2,(H,26,27,28)/b25-24+. The lowest BCUT2D eigenvalue weighted by Gasteiger charge is -2.09. The Bertz CT molecular complexity index is 1320. The average molecular weight is 405 g/mol. The van der Waals surface area contributed by atoms with E-state index in [4.69, 9.17) is 5.73 Å². The Morgan fingerprint density at radius 3 is 2.38 bits per heavy atom. The second-order valence-electron chi connectivity index (χ2n) is 6.17. The van der Waals surface area contributed by atoms with Crippen LogP contribution >= 0.6 is 0 Å². The first kappa shape index (κ1) is 18.7. The number of rotatable bonds is 4. The summed E-state index contributed by atoms with van der Waals surface area (Å²) in [6.07, 6.45) is 4.92. The molecule has 4 aromatic rings. The summed E-state index contributed by atoms with van der Waals surface area (Å²) in [4.78, 5) is 8.11. The van der Waals surface area contributed by atoms with Gasteiger partial charge in [0, 0.05) is 28.7 Å². The van der Waals surface area contributed by atoms with Crippen molar-refractivity contribution in [2.45, 2.75) is 4.90 Å². The predicted molar refractivity (Wildman–Crippen MR) is 110 cm³/mol. The molecule has 0 amide bonds. The number of nitrogen functional groups attached to an aromatic ring is 1. The minimum Gasteiger partial charge on any atom is -0.396 e. The maximum atomic E-state index is 11.8. The Hall–Kier alpha value is -3.69. The fourth-order valence-corrected chi connectivity index (χ4v) is 3.60. The average Bonchev–Trinajstić information content (AvgIpc) is 2.73.